The number of aromatic nitrogens is 1. The Bertz CT molecular complexity index is 775. The Morgan fingerprint density at radius 1 is 1.33 bits per heavy atom. The molecule has 1 amide bonds. The number of benzene rings is 1. The van der Waals surface area contributed by atoms with Gasteiger partial charge in [0.15, 0.2) is 6.10 Å². The molecule has 0 radical (unpaired) electrons. The minimum Gasteiger partial charge on any atom is -0.471 e. The smallest absolute Gasteiger partial charge is 0.414 e. The molecule has 2 heterocycles. The van der Waals surface area contributed by atoms with Crippen LogP contribution in [-0.2, 0) is 10.3 Å². The molecule has 1 aliphatic carbocycles. The molecule has 0 spiro atoms. The summed E-state index contributed by atoms with van der Waals surface area (Å²) in [6.45, 7) is 7.93. The number of hydrogen-bond acceptors (Lipinski definition) is 5. The fourth-order valence-electron chi connectivity index (χ4n) is 2.81. The summed E-state index contributed by atoms with van der Waals surface area (Å²) < 4.78 is 15.4. The highest BCUT2D eigenvalue weighted by Gasteiger charge is 2.52. The summed E-state index contributed by atoms with van der Waals surface area (Å²) >= 11 is 0. The minimum atomic E-state index is -0.400. The lowest BCUT2D eigenvalue weighted by molar-refractivity contribution is 0.102. The van der Waals surface area contributed by atoms with Crippen LogP contribution in [0.5, 0.6) is 5.88 Å². The fraction of sp³-hybridized carbons (Fsp3) is 0.353. The van der Waals surface area contributed by atoms with E-state index in [0.29, 0.717) is 12.4 Å². The number of anilines is 1. The highest BCUT2D eigenvalue weighted by Crippen LogP contribution is 2.49. The Hall–Kier alpha value is -3.01. The molecule has 1 saturated heterocycles. The Kier molecular flexibility index (Phi) is 3.38. The molecule has 7 nitrogen and oxygen atoms in total. The van der Waals surface area contributed by atoms with Crippen LogP contribution in [0.15, 0.2) is 41.1 Å². The summed E-state index contributed by atoms with van der Waals surface area (Å²) in [5, 5.41) is 3.64. The second-order valence-corrected chi connectivity index (χ2v) is 5.96. The SMILES string of the molecule is [C-]#[N+]C1(c2ccc(N3CC(COc4ccon4)OC3=O)cc2)CC1. The van der Waals surface area contributed by atoms with Crippen molar-refractivity contribution in [2.24, 2.45) is 0 Å². The molecule has 2 fully saturated rings. The van der Waals surface area contributed by atoms with Gasteiger partial charge in [0.1, 0.15) is 12.9 Å². The number of carbonyl (C=O) groups excluding carboxylic acids is 1. The van der Waals surface area contributed by atoms with Crippen LogP contribution in [0.2, 0.25) is 0 Å². The molecule has 2 aliphatic rings. The summed E-state index contributed by atoms with van der Waals surface area (Å²) in [4.78, 5) is 17.3. The van der Waals surface area contributed by atoms with E-state index in [2.05, 4.69) is 14.5 Å². The average molecular weight is 325 g/mol. The lowest BCUT2D eigenvalue weighted by Gasteiger charge is -2.13. The van der Waals surface area contributed by atoms with Crippen LogP contribution in [0.4, 0.5) is 10.5 Å². The first kappa shape index (κ1) is 14.6. The molecule has 7 heteroatoms. The molecule has 0 N–H and O–H groups in total. The summed E-state index contributed by atoms with van der Waals surface area (Å²) in [5.41, 5.74) is 1.44. The van der Waals surface area contributed by atoms with Gasteiger partial charge in [0, 0.05) is 30.2 Å². The topological polar surface area (TPSA) is 69.2 Å². The third-order valence-electron chi connectivity index (χ3n) is 4.36. The first-order valence-electron chi connectivity index (χ1n) is 7.71. The van der Waals surface area contributed by atoms with Crippen molar-refractivity contribution in [3.05, 3.63) is 53.6 Å². The van der Waals surface area contributed by atoms with E-state index in [1.165, 1.54) is 6.26 Å². The van der Waals surface area contributed by atoms with Gasteiger partial charge in [-0.1, -0.05) is 0 Å². The molecule has 1 atom stereocenters. The van der Waals surface area contributed by atoms with Gasteiger partial charge in [0.05, 0.1) is 6.54 Å². The number of rotatable bonds is 5. The molecule has 1 unspecified atom stereocenters. The van der Waals surface area contributed by atoms with Gasteiger partial charge < -0.3 is 18.8 Å². The van der Waals surface area contributed by atoms with E-state index in [9.17, 15) is 4.79 Å². The van der Waals surface area contributed by atoms with Gasteiger partial charge in [-0.3, -0.25) is 4.90 Å². The minimum absolute atomic E-state index is 0.216. The van der Waals surface area contributed by atoms with Gasteiger partial charge in [-0.2, -0.15) is 0 Å². The van der Waals surface area contributed by atoms with E-state index in [4.69, 9.17) is 16.0 Å². The predicted molar refractivity (Wildman–Crippen MR) is 83.6 cm³/mol. The normalized spacial score (nSPS) is 21.2. The summed E-state index contributed by atoms with van der Waals surface area (Å²) in [6, 6.07) is 9.17. The molecule has 24 heavy (non-hydrogen) atoms. The van der Waals surface area contributed by atoms with Crippen LogP contribution >= 0.6 is 0 Å². The first-order chi connectivity index (χ1) is 11.7. The van der Waals surface area contributed by atoms with Crippen molar-refractivity contribution in [2.45, 2.75) is 24.5 Å². The first-order valence-corrected chi connectivity index (χ1v) is 7.71. The monoisotopic (exact) mass is 325 g/mol. The number of cyclic esters (lactones) is 1. The molecule has 1 aromatic heterocycles. The van der Waals surface area contributed by atoms with E-state index < -0.39 is 6.09 Å². The van der Waals surface area contributed by atoms with Crippen molar-refractivity contribution in [1.29, 1.82) is 0 Å². The molecule has 4 rings (SSSR count). The summed E-state index contributed by atoms with van der Waals surface area (Å²) in [5.74, 6) is 0.364. The maximum absolute atomic E-state index is 12.1. The average Bonchev–Trinajstić information content (AvgIpc) is 3.06. The van der Waals surface area contributed by atoms with Crippen LogP contribution < -0.4 is 9.64 Å². The maximum Gasteiger partial charge on any atom is 0.414 e. The van der Waals surface area contributed by atoms with Crippen molar-refractivity contribution in [3.8, 4) is 5.88 Å². The molecule has 1 saturated carbocycles. The van der Waals surface area contributed by atoms with Crippen LogP contribution in [0.25, 0.3) is 4.85 Å². The summed E-state index contributed by atoms with van der Waals surface area (Å²) in [7, 11) is 0. The Balaban J connectivity index is 1.41. The zero-order valence-corrected chi connectivity index (χ0v) is 12.8. The second kappa shape index (κ2) is 5.57. The lowest BCUT2D eigenvalue weighted by atomic mass is 10.1. The van der Waals surface area contributed by atoms with E-state index in [-0.39, 0.29) is 18.2 Å². The molecular weight excluding hydrogens is 310 g/mol. The van der Waals surface area contributed by atoms with Crippen molar-refractivity contribution in [1.82, 2.24) is 5.16 Å². The molecule has 0 bridgehead atoms. The van der Waals surface area contributed by atoms with Gasteiger partial charge >= 0.3 is 6.09 Å². The molecular formula is C17H15N3O4. The lowest BCUT2D eigenvalue weighted by Crippen LogP contribution is -2.26. The zero-order valence-electron chi connectivity index (χ0n) is 12.8. The second-order valence-electron chi connectivity index (χ2n) is 5.96. The third-order valence-corrected chi connectivity index (χ3v) is 4.36. The maximum atomic E-state index is 12.1. The Morgan fingerprint density at radius 2 is 2.12 bits per heavy atom. The van der Waals surface area contributed by atoms with Crippen molar-refractivity contribution in [3.63, 3.8) is 0 Å². The molecule has 2 aromatic rings. The highest BCUT2D eigenvalue weighted by atomic mass is 16.6. The van der Waals surface area contributed by atoms with Gasteiger partial charge in [0.2, 0.25) is 0 Å². The third kappa shape index (κ3) is 2.56. The zero-order chi connectivity index (χ0) is 16.6. The summed E-state index contributed by atoms with van der Waals surface area (Å²) in [6.07, 6.45) is 2.46. The standard InChI is InChI=1S/C17H15N3O4/c1-18-17(7-8-17)12-2-4-13(5-3-12)20-10-14(24-16(20)21)11-22-15-6-9-23-19-15/h2-6,9,14H,7-8,10-11H2. The van der Waals surface area contributed by atoms with Gasteiger partial charge in [0.25, 0.3) is 11.4 Å². The van der Waals surface area contributed by atoms with Crippen molar-refractivity contribution >= 4 is 11.8 Å². The van der Waals surface area contributed by atoms with E-state index in [0.717, 1.165) is 24.1 Å². The van der Waals surface area contributed by atoms with E-state index >= 15 is 0 Å². The number of carbonyl (C=O) groups is 1. The number of ether oxygens (including phenoxy) is 2. The fourth-order valence-corrected chi connectivity index (χ4v) is 2.81. The van der Waals surface area contributed by atoms with Gasteiger partial charge in [-0.05, 0) is 29.4 Å². The highest BCUT2D eigenvalue weighted by molar-refractivity contribution is 5.89. The number of amides is 1. The van der Waals surface area contributed by atoms with Crippen LogP contribution in [0.1, 0.15) is 18.4 Å². The molecule has 1 aromatic carbocycles. The predicted octanol–water partition coefficient (Wildman–Crippen LogP) is 2.99. The molecule has 1 aliphatic heterocycles. The quantitative estimate of drug-likeness (QED) is 0.791. The van der Waals surface area contributed by atoms with Crippen molar-refractivity contribution in [2.75, 3.05) is 18.1 Å². The number of hydrogen-bond donors (Lipinski definition) is 0. The van der Waals surface area contributed by atoms with Gasteiger partial charge in [-0.15, -0.1) is 0 Å². The van der Waals surface area contributed by atoms with E-state index in [1.807, 2.05) is 24.3 Å². The number of nitrogens with zero attached hydrogens (tertiary/aromatic N) is 3. The van der Waals surface area contributed by atoms with Crippen LogP contribution in [0, 0.1) is 6.57 Å². The van der Waals surface area contributed by atoms with Gasteiger partial charge in [-0.25, -0.2) is 11.4 Å². The molecule has 122 valence electrons. The largest absolute Gasteiger partial charge is 0.471 e. The van der Waals surface area contributed by atoms with Crippen molar-refractivity contribution < 1.29 is 18.8 Å². The van der Waals surface area contributed by atoms with Crippen LogP contribution in [-0.4, -0.2) is 30.5 Å². The Labute approximate surface area is 138 Å². The van der Waals surface area contributed by atoms with Crippen LogP contribution in [0.3, 0.4) is 0 Å². The Morgan fingerprint density at radius 3 is 2.75 bits per heavy atom. The van der Waals surface area contributed by atoms with E-state index in [1.54, 1.807) is 11.0 Å².